The van der Waals surface area contributed by atoms with Gasteiger partial charge in [-0.1, -0.05) is 12.2 Å². The van der Waals surface area contributed by atoms with E-state index >= 15 is 0 Å². The van der Waals surface area contributed by atoms with Crippen LogP contribution in [0.5, 0.6) is 0 Å². The largest absolute Gasteiger partial charge is 0.385 e. The second-order valence-corrected chi connectivity index (χ2v) is 3.09. The minimum absolute atomic E-state index is 0. The van der Waals surface area contributed by atoms with Crippen molar-refractivity contribution in [3.05, 3.63) is 25.3 Å². The molecule has 0 saturated carbocycles. The molecule has 0 radical (unpaired) electrons. The SMILES string of the molecule is C=CCC(N)(CC=C)CCOC.Cl. The molecule has 0 aliphatic rings. The fourth-order valence-electron chi connectivity index (χ4n) is 1.17. The van der Waals surface area contributed by atoms with Gasteiger partial charge < -0.3 is 10.5 Å². The fraction of sp³-hybridized carbons (Fsp3) is 0.600. The van der Waals surface area contributed by atoms with E-state index < -0.39 is 0 Å². The molecule has 78 valence electrons. The molecule has 0 aromatic carbocycles. The molecule has 0 aromatic heterocycles. The number of nitrogens with two attached hydrogens (primary N) is 1. The van der Waals surface area contributed by atoms with Gasteiger partial charge in [0, 0.05) is 19.3 Å². The summed E-state index contributed by atoms with van der Waals surface area (Å²) in [5.74, 6) is 0. The van der Waals surface area contributed by atoms with Gasteiger partial charge in [0.25, 0.3) is 0 Å². The topological polar surface area (TPSA) is 35.2 Å². The van der Waals surface area contributed by atoms with Crippen LogP contribution in [0.4, 0.5) is 0 Å². The third kappa shape index (κ3) is 6.82. The van der Waals surface area contributed by atoms with Gasteiger partial charge in [-0.05, 0) is 19.3 Å². The van der Waals surface area contributed by atoms with Crippen LogP contribution in [0.3, 0.4) is 0 Å². The summed E-state index contributed by atoms with van der Waals surface area (Å²) < 4.78 is 4.98. The van der Waals surface area contributed by atoms with E-state index in [0.717, 1.165) is 19.3 Å². The molecule has 0 amide bonds. The Kier molecular flexibility index (Phi) is 9.68. The highest BCUT2D eigenvalue weighted by Gasteiger charge is 2.20. The molecule has 3 heteroatoms. The predicted molar refractivity (Wildman–Crippen MR) is 60.3 cm³/mol. The molecule has 0 aromatic rings. The molecule has 0 aliphatic carbocycles. The quantitative estimate of drug-likeness (QED) is 0.648. The van der Waals surface area contributed by atoms with Crippen molar-refractivity contribution < 1.29 is 4.74 Å². The van der Waals surface area contributed by atoms with Gasteiger partial charge in [0.2, 0.25) is 0 Å². The molecule has 2 nitrogen and oxygen atoms in total. The smallest absolute Gasteiger partial charge is 0.0479 e. The van der Waals surface area contributed by atoms with E-state index in [1.807, 2.05) is 12.2 Å². The van der Waals surface area contributed by atoms with Gasteiger partial charge >= 0.3 is 0 Å². The maximum atomic E-state index is 6.08. The van der Waals surface area contributed by atoms with Crippen LogP contribution in [0.15, 0.2) is 25.3 Å². The standard InChI is InChI=1S/C10H19NO.ClH/c1-4-6-10(11,7-5-2)8-9-12-3;/h4-5H,1-2,6-9,11H2,3H3;1H. The lowest BCUT2D eigenvalue weighted by Crippen LogP contribution is -2.39. The van der Waals surface area contributed by atoms with Crippen molar-refractivity contribution in [2.75, 3.05) is 13.7 Å². The van der Waals surface area contributed by atoms with Gasteiger partial charge in [-0.2, -0.15) is 0 Å². The number of hydrogen-bond donors (Lipinski definition) is 1. The van der Waals surface area contributed by atoms with Crippen molar-refractivity contribution in [3.8, 4) is 0 Å². The minimum Gasteiger partial charge on any atom is -0.385 e. The molecule has 0 aliphatic heterocycles. The Morgan fingerprint density at radius 3 is 2.08 bits per heavy atom. The summed E-state index contributed by atoms with van der Waals surface area (Å²) in [5.41, 5.74) is 5.87. The Morgan fingerprint density at radius 2 is 1.77 bits per heavy atom. The average molecular weight is 206 g/mol. The molecule has 0 heterocycles. The Morgan fingerprint density at radius 1 is 1.31 bits per heavy atom. The lowest BCUT2D eigenvalue weighted by molar-refractivity contribution is 0.168. The van der Waals surface area contributed by atoms with E-state index in [0.29, 0.717) is 6.61 Å². The molecular weight excluding hydrogens is 186 g/mol. The van der Waals surface area contributed by atoms with Crippen molar-refractivity contribution in [3.63, 3.8) is 0 Å². The first-order chi connectivity index (χ1) is 5.68. The van der Waals surface area contributed by atoms with Gasteiger partial charge in [0.05, 0.1) is 0 Å². The summed E-state index contributed by atoms with van der Waals surface area (Å²) in [4.78, 5) is 0. The van der Waals surface area contributed by atoms with Crippen molar-refractivity contribution in [1.29, 1.82) is 0 Å². The summed E-state index contributed by atoms with van der Waals surface area (Å²) in [6.07, 6.45) is 6.16. The summed E-state index contributed by atoms with van der Waals surface area (Å²) >= 11 is 0. The highest BCUT2D eigenvalue weighted by Crippen LogP contribution is 2.17. The summed E-state index contributed by atoms with van der Waals surface area (Å²) in [6, 6.07) is 0. The van der Waals surface area contributed by atoms with E-state index in [1.165, 1.54) is 0 Å². The first-order valence-corrected chi connectivity index (χ1v) is 4.18. The zero-order valence-corrected chi connectivity index (χ0v) is 9.11. The third-order valence-electron chi connectivity index (χ3n) is 1.91. The number of halogens is 1. The monoisotopic (exact) mass is 205 g/mol. The first-order valence-electron chi connectivity index (χ1n) is 4.18. The number of methoxy groups -OCH3 is 1. The normalized spacial score (nSPS) is 10.3. The van der Waals surface area contributed by atoms with Crippen LogP contribution >= 0.6 is 12.4 Å². The van der Waals surface area contributed by atoms with Crippen molar-refractivity contribution in [1.82, 2.24) is 0 Å². The van der Waals surface area contributed by atoms with Gasteiger partial charge in [-0.25, -0.2) is 0 Å². The maximum Gasteiger partial charge on any atom is 0.0479 e. The first kappa shape index (κ1) is 15.2. The molecule has 0 fully saturated rings. The van der Waals surface area contributed by atoms with Gasteiger partial charge in [-0.3, -0.25) is 0 Å². The predicted octanol–water partition coefficient (Wildman–Crippen LogP) is 2.29. The van der Waals surface area contributed by atoms with Gasteiger partial charge in [0.15, 0.2) is 0 Å². The molecule has 0 saturated heterocycles. The van der Waals surface area contributed by atoms with Crippen LogP contribution in [0, 0.1) is 0 Å². The highest BCUT2D eigenvalue weighted by molar-refractivity contribution is 5.85. The van der Waals surface area contributed by atoms with Crippen molar-refractivity contribution in [2.24, 2.45) is 5.73 Å². The zero-order valence-electron chi connectivity index (χ0n) is 8.29. The van der Waals surface area contributed by atoms with Crippen LogP contribution < -0.4 is 5.73 Å². The van der Waals surface area contributed by atoms with Crippen molar-refractivity contribution >= 4 is 12.4 Å². The molecule has 0 atom stereocenters. The highest BCUT2D eigenvalue weighted by atomic mass is 35.5. The zero-order chi connectivity index (χ0) is 9.45. The van der Waals surface area contributed by atoms with Gasteiger partial charge in [0.1, 0.15) is 0 Å². The van der Waals surface area contributed by atoms with Crippen LogP contribution in [0.2, 0.25) is 0 Å². The van der Waals surface area contributed by atoms with E-state index in [1.54, 1.807) is 7.11 Å². The summed E-state index contributed by atoms with van der Waals surface area (Å²) in [6.45, 7) is 8.05. The summed E-state index contributed by atoms with van der Waals surface area (Å²) in [5, 5.41) is 0. The molecule has 0 spiro atoms. The van der Waals surface area contributed by atoms with E-state index in [2.05, 4.69) is 13.2 Å². The number of rotatable bonds is 7. The minimum atomic E-state index is -0.209. The van der Waals surface area contributed by atoms with E-state index in [-0.39, 0.29) is 17.9 Å². The van der Waals surface area contributed by atoms with E-state index in [4.69, 9.17) is 10.5 Å². The molecule has 0 rings (SSSR count). The number of hydrogen-bond acceptors (Lipinski definition) is 2. The average Bonchev–Trinajstić information content (AvgIpc) is 2.02. The molecule has 13 heavy (non-hydrogen) atoms. The van der Waals surface area contributed by atoms with Crippen molar-refractivity contribution in [2.45, 2.75) is 24.8 Å². The van der Waals surface area contributed by atoms with Crippen LogP contribution in [-0.2, 0) is 4.74 Å². The Bertz CT molecular complexity index is 138. The molecule has 0 unspecified atom stereocenters. The summed E-state index contributed by atoms with van der Waals surface area (Å²) in [7, 11) is 1.68. The van der Waals surface area contributed by atoms with Crippen LogP contribution in [-0.4, -0.2) is 19.3 Å². The molecule has 0 bridgehead atoms. The number of ether oxygens (including phenoxy) is 1. The lowest BCUT2D eigenvalue weighted by atomic mass is 9.89. The lowest BCUT2D eigenvalue weighted by Gasteiger charge is -2.26. The van der Waals surface area contributed by atoms with Crippen LogP contribution in [0.25, 0.3) is 0 Å². The Hall–Kier alpha value is -0.310. The second-order valence-electron chi connectivity index (χ2n) is 3.09. The maximum absolute atomic E-state index is 6.08. The fourth-order valence-corrected chi connectivity index (χ4v) is 1.17. The van der Waals surface area contributed by atoms with E-state index in [9.17, 15) is 0 Å². The second kappa shape index (κ2) is 8.30. The van der Waals surface area contributed by atoms with Crippen LogP contribution in [0.1, 0.15) is 19.3 Å². The van der Waals surface area contributed by atoms with Gasteiger partial charge in [-0.15, -0.1) is 25.6 Å². The Balaban J connectivity index is 0. The molecule has 2 N–H and O–H groups in total. The third-order valence-corrected chi connectivity index (χ3v) is 1.91. The Labute approximate surface area is 87.3 Å². The molecular formula is C10H20ClNO.